The van der Waals surface area contributed by atoms with Crippen LogP contribution in [0.25, 0.3) is 0 Å². The van der Waals surface area contributed by atoms with Crippen molar-refractivity contribution in [1.82, 2.24) is 9.97 Å². The fraction of sp³-hybridized carbons (Fsp3) is 0.667. The van der Waals surface area contributed by atoms with Crippen LogP contribution in [-0.4, -0.2) is 23.6 Å². The molecule has 1 fully saturated rings. The normalized spacial score (nSPS) is 17.6. The number of methoxy groups -OCH3 is 1. The Kier molecular flexibility index (Phi) is 3.99. The quantitative estimate of drug-likeness (QED) is 0.907. The first-order valence-corrected chi connectivity index (χ1v) is 6.83. The molecule has 17 heavy (non-hydrogen) atoms. The molecular formula is C12H18BrN3O. The molecule has 0 aromatic carbocycles. The maximum atomic E-state index is 5.59. The predicted molar refractivity (Wildman–Crippen MR) is 71.1 cm³/mol. The number of nitrogens with zero attached hydrogens (tertiary/aromatic N) is 2. The van der Waals surface area contributed by atoms with E-state index < -0.39 is 0 Å². The van der Waals surface area contributed by atoms with Crippen LogP contribution in [0.3, 0.4) is 0 Å². The topological polar surface area (TPSA) is 47.0 Å². The van der Waals surface area contributed by atoms with Gasteiger partial charge in [-0.1, -0.05) is 6.92 Å². The Hall–Kier alpha value is -0.680. The van der Waals surface area contributed by atoms with Crippen molar-refractivity contribution in [1.29, 1.82) is 0 Å². The van der Waals surface area contributed by atoms with Gasteiger partial charge in [-0.25, -0.2) is 9.97 Å². The number of halogens is 1. The van der Waals surface area contributed by atoms with Gasteiger partial charge in [0.1, 0.15) is 11.4 Å². The summed E-state index contributed by atoms with van der Waals surface area (Å²) in [6.07, 6.45) is 6.09. The number of ether oxygens (including phenoxy) is 1. The molecule has 0 atom stereocenters. The zero-order valence-corrected chi connectivity index (χ0v) is 11.9. The molecule has 0 amide bonds. The number of aromatic nitrogens is 2. The minimum absolute atomic E-state index is 0.247. The van der Waals surface area contributed by atoms with E-state index in [0.29, 0.717) is 0 Å². The Morgan fingerprint density at radius 3 is 2.82 bits per heavy atom. The lowest BCUT2D eigenvalue weighted by Crippen LogP contribution is -2.38. The molecule has 94 valence electrons. The van der Waals surface area contributed by atoms with Crippen molar-refractivity contribution in [3.05, 3.63) is 16.5 Å². The lowest BCUT2D eigenvalue weighted by atomic mass is 9.79. The number of hydrogen-bond acceptors (Lipinski definition) is 4. The van der Waals surface area contributed by atoms with Crippen LogP contribution >= 0.6 is 15.9 Å². The first-order valence-electron chi connectivity index (χ1n) is 6.04. The molecule has 1 saturated carbocycles. The van der Waals surface area contributed by atoms with E-state index in [1.165, 1.54) is 6.42 Å². The highest BCUT2D eigenvalue weighted by molar-refractivity contribution is 9.10. The number of hydrogen-bond donors (Lipinski definition) is 1. The Morgan fingerprint density at radius 2 is 2.29 bits per heavy atom. The first-order chi connectivity index (χ1) is 8.22. The Balaban J connectivity index is 2.23. The fourth-order valence-electron chi connectivity index (χ4n) is 1.97. The van der Waals surface area contributed by atoms with Gasteiger partial charge in [-0.15, -0.1) is 0 Å². The van der Waals surface area contributed by atoms with Gasteiger partial charge in [0.2, 0.25) is 0 Å². The minimum atomic E-state index is -0.247. The summed E-state index contributed by atoms with van der Waals surface area (Å²) in [4.78, 5) is 8.97. The molecule has 0 saturated heterocycles. The number of anilines is 1. The summed E-state index contributed by atoms with van der Waals surface area (Å²) >= 11 is 3.46. The summed E-state index contributed by atoms with van der Waals surface area (Å²) < 4.78 is 6.49. The monoisotopic (exact) mass is 299 g/mol. The van der Waals surface area contributed by atoms with Gasteiger partial charge < -0.3 is 10.1 Å². The highest BCUT2D eigenvalue weighted by Crippen LogP contribution is 2.43. The fourth-order valence-corrected chi connectivity index (χ4v) is 2.30. The van der Waals surface area contributed by atoms with E-state index in [2.05, 4.69) is 38.1 Å². The van der Waals surface area contributed by atoms with Gasteiger partial charge in [0.05, 0.1) is 4.47 Å². The Morgan fingerprint density at radius 1 is 1.53 bits per heavy atom. The largest absolute Gasteiger partial charge is 0.370 e. The Labute approximate surface area is 110 Å². The standard InChI is InChI=1S/C12H18BrN3O/c1-3-7-14-10-9(13)8-15-11(16-10)12(17-2)5-4-6-12/h8H,3-7H2,1-2H3,(H,14,15,16). The molecule has 0 spiro atoms. The highest BCUT2D eigenvalue weighted by atomic mass is 79.9. The van der Waals surface area contributed by atoms with Crippen molar-refractivity contribution in [3.8, 4) is 0 Å². The van der Waals surface area contributed by atoms with Gasteiger partial charge in [-0.3, -0.25) is 0 Å². The van der Waals surface area contributed by atoms with E-state index in [1.54, 1.807) is 13.3 Å². The van der Waals surface area contributed by atoms with Gasteiger partial charge in [-0.2, -0.15) is 0 Å². The molecule has 1 aromatic rings. The van der Waals surface area contributed by atoms with Crippen LogP contribution in [0.5, 0.6) is 0 Å². The van der Waals surface area contributed by atoms with Crippen LogP contribution in [0.4, 0.5) is 5.82 Å². The average Bonchev–Trinajstić information content (AvgIpc) is 2.28. The zero-order valence-electron chi connectivity index (χ0n) is 10.3. The molecule has 0 unspecified atom stereocenters. The molecule has 5 heteroatoms. The molecule has 0 bridgehead atoms. The van der Waals surface area contributed by atoms with E-state index in [0.717, 1.165) is 41.9 Å². The smallest absolute Gasteiger partial charge is 0.162 e. The molecule has 1 N–H and O–H groups in total. The second-order valence-corrected chi connectivity index (χ2v) is 5.22. The predicted octanol–water partition coefficient (Wildman–Crippen LogP) is 3.09. The van der Waals surface area contributed by atoms with Crippen LogP contribution in [0.2, 0.25) is 0 Å². The maximum Gasteiger partial charge on any atom is 0.162 e. The number of rotatable bonds is 5. The van der Waals surface area contributed by atoms with Gasteiger partial charge in [-0.05, 0) is 41.6 Å². The third kappa shape index (κ3) is 2.45. The molecule has 1 heterocycles. The minimum Gasteiger partial charge on any atom is -0.370 e. The highest BCUT2D eigenvalue weighted by Gasteiger charge is 2.41. The van der Waals surface area contributed by atoms with Crippen molar-refractivity contribution < 1.29 is 4.74 Å². The first kappa shape index (κ1) is 12.8. The summed E-state index contributed by atoms with van der Waals surface area (Å²) in [5, 5.41) is 3.29. The van der Waals surface area contributed by atoms with Crippen molar-refractivity contribution in [3.63, 3.8) is 0 Å². The molecule has 2 rings (SSSR count). The van der Waals surface area contributed by atoms with Crippen LogP contribution in [-0.2, 0) is 10.3 Å². The van der Waals surface area contributed by atoms with Crippen molar-refractivity contribution in [2.75, 3.05) is 19.0 Å². The third-order valence-corrected chi connectivity index (χ3v) is 3.83. The average molecular weight is 300 g/mol. The second kappa shape index (κ2) is 5.31. The van der Waals surface area contributed by atoms with Crippen LogP contribution in [0.1, 0.15) is 38.4 Å². The second-order valence-electron chi connectivity index (χ2n) is 4.37. The zero-order chi connectivity index (χ0) is 12.3. The van der Waals surface area contributed by atoms with E-state index in [1.807, 2.05) is 0 Å². The van der Waals surface area contributed by atoms with Gasteiger partial charge >= 0.3 is 0 Å². The lowest BCUT2D eigenvalue weighted by molar-refractivity contribution is -0.0845. The maximum absolute atomic E-state index is 5.59. The van der Waals surface area contributed by atoms with Crippen LogP contribution in [0, 0.1) is 0 Å². The van der Waals surface area contributed by atoms with E-state index in [-0.39, 0.29) is 5.60 Å². The van der Waals surface area contributed by atoms with Crippen molar-refractivity contribution in [2.45, 2.75) is 38.2 Å². The van der Waals surface area contributed by atoms with Crippen LogP contribution in [0.15, 0.2) is 10.7 Å². The summed E-state index contributed by atoms with van der Waals surface area (Å²) in [7, 11) is 1.74. The van der Waals surface area contributed by atoms with Gasteiger partial charge in [0.25, 0.3) is 0 Å². The molecule has 0 radical (unpaired) electrons. The van der Waals surface area contributed by atoms with Crippen molar-refractivity contribution in [2.24, 2.45) is 0 Å². The lowest BCUT2D eigenvalue weighted by Gasteiger charge is -2.38. The molecule has 1 aromatic heterocycles. The van der Waals surface area contributed by atoms with E-state index >= 15 is 0 Å². The van der Waals surface area contributed by atoms with Gasteiger partial charge in [0, 0.05) is 19.9 Å². The summed E-state index contributed by atoms with van der Waals surface area (Å²) in [5.41, 5.74) is -0.247. The van der Waals surface area contributed by atoms with Crippen molar-refractivity contribution >= 4 is 21.7 Å². The van der Waals surface area contributed by atoms with Gasteiger partial charge in [0.15, 0.2) is 5.82 Å². The van der Waals surface area contributed by atoms with Crippen LogP contribution < -0.4 is 5.32 Å². The summed E-state index contributed by atoms with van der Waals surface area (Å²) in [6.45, 7) is 3.04. The summed E-state index contributed by atoms with van der Waals surface area (Å²) in [5.74, 6) is 1.66. The molecule has 1 aliphatic rings. The van der Waals surface area contributed by atoms with E-state index in [4.69, 9.17) is 4.74 Å². The molecule has 0 aliphatic heterocycles. The SMILES string of the molecule is CCCNc1nc(C2(OC)CCC2)ncc1Br. The summed E-state index contributed by atoms with van der Waals surface area (Å²) in [6, 6.07) is 0. The Bertz CT molecular complexity index is 388. The molecule has 4 nitrogen and oxygen atoms in total. The molecular weight excluding hydrogens is 282 g/mol. The number of nitrogens with one attached hydrogen (secondary N) is 1. The molecule has 1 aliphatic carbocycles. The van der Waals surface area contributed by atoms with E-state index in [9.17, 15) is 0 Å². The third-order valence-electron chi connectivity index (χ3n) is 3.25.